The molecule has 0 radical (unpaired) electrons. The molecular formula is C15H20ClNO3. The number of benzene rings is 1. The maximum Gasteiger partial charge on any atom is 0.412 e. The van der Waals surface area contributed by atoms with Crippen molar-refractivity contribution in [3.63, 3.8) is 0 Å². The molecule has 0 bridgehead atoms. The van der Waals surface area contributed by atoms with E-state index >= 15 is 0 Å². The summed E-state index contributed by atoms with van der Waals surface area (Å²) < 4.78 is 11.1. The van der Waals surface area contributed by atoms with E-state index in [0.717, 1.165) is 35.4 Å². The van der Waals surface area contributed by atoms with E-state index in [1.54, 1.807) is 0 Å². The van der Waals surface area contributed by atoms with Crippen molar-refractivity contribution < 1.29 is 14.3 Å². The number of fused-ring (bicyclic) bond motifs is 1. The fraction of sp³-hybridized carbons (Fsp3) is 0.533. The van der Waals surface area contributed by atoms with Gasteiger partial charge in [-0.15, -0.1) is 11.6 Å². The Balaban J connectivity index is 2.23. The second-order valence-electron chi connectivity index (χ2n) is 5.43. The molecule has 0 unspecified atom stereocenters. The molecule has 0 aliphatic carbocycles. The van der Waals surface area contributed by atoms with Crippen LogP contribution in [0.25, 0.3) is 0 Å². The van der Waals surface area contributed by atoms with Crippen molar-refractivity contribution >= 4 is 23.4 Å². The maximum absolute atomic E-state index is 11.5. The third-order valence-electron chi connectivity index (χ3n) is 3.33. The molecule has 0 saturated carbocycles. The minimum absolute atomic E-state index is 0.415. The molecule has 20 heavy (non-hydrogen) atoms. The van der Waals surface area contributed by atoms with Crippen LogP contribution in [0.3, 0.4) is 0 Å². The number of nitrogens with one attached hydrogen (secondary N) is 1. The van der Waals surface area contributed by atoms with Crippen LogP contribution >= 0.6 is 11.6 Å². The van der Waals surface area contributed by atoms with Crippen LogP contribution in [-0.4, -0.2) is 18.6 Å². The Bertz CT molecular complexity index is 514. The zero-order chi connectivity index (χ0) is 14.8. The van der Waals surface area contributed by atoms with E-state index in [-0.39, 0.29) is 0 Å². The molecule has 1 N–H and O–H groups in total. The lowest BCUT2D eigenvalue weighted by Crippen LogP contribution is -2.35. The fourth-order valence-electron chi connectivity index (χ4n) is 2.28. The number of hydrogen-bond acceptors (Lipinski definition) is 3. The van der Waals surface area contributed by atoms with Crippen LogP contribution in [-0.2, 0) is 10.3 Å². The van der Waals surface area contributed by atoms with Crippen molar-refractivity contribution in [1.82, 2.24) is 0 Å². The van der Waals surface area contributed by atoms with Gasteiger partial charge in [0.05, 0.1) is 12.3 Å². The predicted octanol–water partition coefficient (Wildman–Crippen LogP) is 4.19. The highest BCUT2D eigenvalue weighted by Gasteiger charge is 2.34. The molecule has 1 aliphatic rings. The highest BCUT2D eigenvalue weighted by molar-refractivity contribution is 6.17. The van der Waals surface area contributed by atoms with Crippen LogP contribution < -0.4 is 10.1 Å². The van der Waals surface area contributed by atoms with Gasteiger partial charge in [0, 0.05) is 11.4 Å². The molecule has 2 rings (SSSR count). The Morgan fingerprint density at radius 3 is 2.80 bits per heavy atom. The summed E-state index contributed by atoms with van der Waals surface area (Å²) >= 11 is 5.64. The van der Waals surface area contributed by atoms with E-state index in [9.17, 15) is 4.79 Å². The van der Waals surface area contributed by atoms with Crippen LogP contribution in [0.1, 0.15) is 37.8 Å². The van der Waals surface area contributed by atoms with E-state index in [2.05, 4.69) is 5.32 Å². The minimum atomic E-state index is -0.655. The molecule has 1 aromatic rings. The first-order valence-corrected chi connectivity index (χ1v) is 7.31. The first-order valence-electron chi connectivity index (χ1n) is 6.78. The summed E-state index contributed by atoms with van der Waals surface area (Å²) in [5.41, 5.74) is 2.07. The molecule has 0 fully saturated rings. The number of unbranched alkanes of at least 4 members (excludes halogenated alkanes) is 1. The number of halogens is 1. The van der Waals surface area contributed by atoms with Crippen LogP contribution in [0, 0.1) is 6.92 Å². The summed E-state index contributed by atoms with van der Waals surface area (Å²) in [6.07, 6.45) is 1.45. The molecular weight excluding hydrogens is 278 g/mol. The summed E-state index contributed by atoms with van der Waals surface area (Å²) in [6, 6.07) is 3.86. The van der Waals surface area contributed by atoms with Crippen molar-refractivity contribution in [2.24, 2.45) is 0 Å². The highest BCUT2D eigenvalue weighted by Crippen LogP contribution is 2.39. The first kappa shape index (κ1) is 15.0. The van der Waals surface area contributed by atoms with Crippen LogP contribution in [0.5, 0.6) is 5.75 Å². The van der Waals surface area contributed by atoms with Gasteiger partial charge in [0.2, 0.25) is 0 Å². The normalized spacial score (nSPS) is 16.1. The quantitative estimate of drug-likeness (QED) is 0.655. The number of ether oxygens (including phenoxy) is 2. The molecule has 0 spiro atoms. The Morgan fingerprint density at radius 2 is 2.10 bits per heavy atom. The smallest absolute Gasteiger partial charge is 0.412 e. The van der Waals surface area contributed by atoms with Gasteiger partial charge in [-0.25, -0.2) is 4.79 Å². The van der Waals surface area contributed by atoms with E-state index < -0.39 is 11.7 Å². The number of hydrogen-bond donors (Lipinski definition) is 1. The average molecular weight is 298 g/mol. The van der Waals surface area contributed by atoms with Gasteiger partial charge in [-0.3, -0.25) is 5.32 Å². The fourth-order valence-corrected chi connectivity index (χ4v) is 2.47. The van der Waals surface area contributed by atoms with Crippen molar-refractivity contribution in [3.8, 4) is 5.75 Å². The van der Waals surface area contributed by atoms with Crippen molar-refractivity contribution in [2.45, 2.75) is 39.2 Å². The molecule has 1 amide bonds. The van der Waals surface area contributed by atoms with Gasteiger partial charge in [0.1, 0.15) is 11.4 Å². The number of aryl methyl sites for hydroxylation is 1. The topological polar surface area (TPSA) is 47.6 Å². The number of rotatable bonds is 5. The Kier molecular flexibility index (Phi) is 4.43. The van der Waals surface area contributed by atoms with E-state index in [1.807, 2.05) is 32.9 Å². The Morgan fingerprint density at radius 1 is 1.35 bits per heavy atom. The number of alkyl halides is 1. The number of carbonyl (C=O) groups is 1. The summed E-state index contributed by atoms with van der Waals surface area (Å²) in [6.45, 7) is 6.34. The summed E-state index contributed by atoms with van der Waals surface area (Å²) in [5.74, 6) is 1.45. The molecule has 0 saturated heterocycles. The highest BCUT2D eigenvalue weighted by atomic mass is 35.5. The van der Waals surface area contributed by atoms with Gasteiger partial charge in [-0.1, -0.05) is 0 Å². The SMILES string of the molecule is Cc1cc(OCCCCCl)cc2c1NC(=O)OC2(C)C. The minimum Gasteiger partial charge on any atom is -0.494 e. The van der Waals surface area contributed by atoms with Crippen LogP contribution in [0.2, 0.25) is 0 Å². The number of anilines is 1. The molecule has 4 nitrogen and oxygen atoms in total. The van der Waals surface area contributed by atoms with Crippen LogP contribution in [0.15, 0.2) is 12.1 Å². The van der Waals surface area contributed by atoms with Crippen molar-refractivity contribution in [2.75, 3.05) is 17.8 Å². The molecule has 110 valence electrons. The zero-order valence-corrected chi connectivity index (χ0v) is 12.8. The summed E-state index contributed by atoms with van der Waals surface area (Å²) in [7, 11) is 0. The Labute approximate surface area is 124 Å². The average Bonchev–Trinajstić information content (AvgIpc) is 2.35. The summed E-state index contributed by atoms with van der Waals surface area (Å²) in [5, 5.41) is 2.75. The van der Waals surface area contributed by atoms with Crippen molar-refractivity contribution in [1.29, 1.82) is 0 Å². The first-order chi connectivity index (χ1) is 9.44. The van der Waals surface area contributed by atoms with Gasteiger partial charge in [-0.05, 0) is 51.3 Å². The molecule has 0 aromatic heterocycles. The van der Waals surface area contributed by atoms with Crippen molar-refractivity contribution in [3.05, 3.63) is 23.3 Å². The van der Waals surface area contributed by atoms with Gasteiger partial charge in [-0.2, -0.15) is 0 Å². The number of cyclic esters (lactones) is 1. The number of carbonyl (C=O) groups excluding carboxylic acids is 1. The zero-order valence-electron chi connectivity index (χ0n) is 12.1. The molecule has 1 aromatic carbocycles. The van der Waals surface area contributed by atoms with Gasteiger partial charge >= 0.3 is 6.09 Å². The third-order valence-corrected chi connectivity index (χ3v) is 3.60. The summed E-state index contributed by atoms with van der Waals surface area (Å²) in [4.78, 5) is 11.5. The van der Waals surface area contributed by atoms with Crippen LogP contribution in [0.4, 0.5) is 10.5 Å². The lowest BCUT2D eigenvalue weighted by atomic mass is 9.92. The molecule has 0 atom stereocenters. The van der Waals surface area contributed by atoms with Gasteiger partial charge < -0.3 is 9.47 Å². The monoisotopic (exact) mass is 297 g/mol. The lowest BCUT2D eigenvalue weighted by Gasteiger charge is -2.33. The molecule has 5 heteroatoms. The standard InChI is InChI=1S/C15H20ClNO3/c1-10-8-11(19-7-5-4-6-16)9-12-13(10)17-14(18)20-15(12,2)3/h8-9H,4-7H2,1-3H3,(H,17,18). The second-order valence-corrected chi connectivity index (χ2v) is 5.81. The van der Waals surface area contributed by atoms with E-state index in [4.69, 9.17) is 21.1 Å². The molecule has 1 aliphatic heterocycles. The largest absolute Gasteiger partial charge is 0.494 e. The van der Waals surface area contributed by atoms with E-state index in [1.165, 1.54) is 0 Å². The number of amides is 1. The Hall–Kier alpha value is -1.42. The lowest BCUT2D eigenvalue weighted by molar-refractivity contribution is 0.0417. The van der Waals surface area contributed by atoms with Gasteiger partial charge in [0.15, 0.2) is 0 Å². The maximum atomic E-state index is 11.5. The predicted molar refractivity (Wildman–Crippen MR) is 79.8 cm³/mol. The molecule has 1 heterocycles. The second kappa shape index (κ2) is 5.92. The third kappa shape index (κ3) is 3.18. The van der Waals surface area contributed by atoms with Gasteiger partial charge in [0.25, 0.3) is 0 Å². The van der Waals surface area contributed by atoms with E-state index in [0.29, 0.717) is 12.5 Å².